The molecule has 1 rings (SSSR count). The molecule has 0 saturated heterocycles. The molecule has 0 aromatic heterocycles. The molecule has 0 N–H and O–H groups in total. The maximum Gasteiger partial charge on any atom is 0.00201 e. The van der Waals surface area contributed by atoms with Gasteiger partial charge >= 0.3 is 0 Å². The highest BCUT2D eigenvalue weighted by molar-refractivity contribution is 8.32. The normalized spacial score (nSPS) is 15.4. The molecule has 0 aromatic rings. The van der Waals surface area contributed by atoms with Crippen molar-refractivity contribution in [1.82, 2.24) is 0 Å². The van der Waals surface area contributed by atoms with E-state index >= 15 is 0 Å². The van der Waals surface area contributed by atoms with E-state index in [2.05, 4.69) is 44.2 Å². The van der Waals surface area contributed by atoms with Gasteiger partial charge in [-0.05, 0) is 48.7 Å². The third-order valence-electron chi connectivity index (χ3n) is 5.02. The Hall–Kier alpha value is -0.430. The summed E-state index contributed by atoms with van der Waals surface area (Å²) in [6.07, 6.45) is 28.7. The van der Waals surface area contributed by atoms with E-state index in [0.717, 1.165) is 0 Å². The summed E-state index contributed by atoms with van der Waals surface area (Å²) in [6, 6.07) is 0. The molecule has 0 heterocycles. The highest BCUT2D eigenvalue weighted by atomic mass is 32.3. The molecule has 1 aliphatic rings. The van der Waals surface area contributed by atoms with Crippen molar-refractivity contribution in [2.75, 3.05) is 24.0 Å². The first-order chi connectivity index (χ1) is 11.5. The smallest absolute Gasteiger partial charge is 0.00201 e. The molecule has 140 valence electrons. The summed E-state index contributed by atoms with van der Waals surface area (Å²) in [4.78, 5) is 0. The molecule has 0 aromatic carbocycles. The fourth-order valence-corrected chi connectivity index (χ4v) is 5.72. The fourth-order valence-electron chi connectivity index (χ4n) is 3.48. The van der Waals surface area contributed by atoms with Crippen molar-refractivity contribution in [2.45, 2.75) is 84.0 Å². The first-order valence-electron chi connectivity index (χ1n) is 10.3. The Bertz CT molecular complexity index is 400. The standard InChI is InChI=1S/C23H42S/c1-5-6-7-8-9-10-11-12-13-17-20-24(3,4)21-22(2)23-18-15-14-16-19-23/h15,18-19H,2,5-14,16-17,20-21H2,1,3-4H3. The molecule has 0 bridgehead atoms. The predicted molar refractivity (Wildman–Crippen MR) is 117 cm³/mol. The van der Waals surface area contributed by atoms with Crippen molar-refractivity contribution in [3.8, 4) is 0 Å². The van der Waals surface area contributed by atoms with Gasteiger partial charge in [0.2, 0.25) is 0 Å². The minimum atomic E-state index is -0.512. The second-order valence-electron chi connectivity index (χ2n) is 8.04. The SMILES string of the molecule is C=C(CS(C)(C)CCCCCCCCCCCC)C1=CCCC=C1. The number of hydrogen-bond acceptors (Lipinski definition) is 0. The molecule has 0 atom stereocenters. The quantitative estimate of drug-likeness (QED) is 0.280. The molecule has 0 nitrogen and oxygen atoms in total. The number of rotatable bonds is 14. The molecule has 1 heteroatoms. The van der Waals surface area contributed by atoms with E-state index in [1.807, 2.05) is 0 Å². The largest absolute Gasteiger partial charge is 0.243 e. The van der Waals surface area contributed by atoms with Crippen molar-refractivity contribution in [3.63, 3.8) is 0 Å². The molecule has 0 aliphatic heterocycles. The lowest BCUT2D eigenvalue weighted by molar-refractivity contribution is 0.563. The zero-order valence-electron chi connectivity index (χ0n) is 16.7. The van der Waals surface area contributed by atoms with E-state index in [4.69, 9.17) is 0 Å². The van der Waals surface area contributed by atoms with E-state index in [1.165, 1.54) is 99.7 Å². The maximum atomic E-state index is 4.36. The van der Waals surface area contributed by atoms with Gasteiger partial charge in [-0.2, -0.15) is 0 Å². The van der Waals surface area contributed by atoms with E-state index in [0.29, 0.717) is 0 Å². The van der Waals surface area contributed by atoms with Crippen molar-refractivity contribution < 1.29 is 0 Å². The summed E-state index contributed by atoms with van der Waals surface area (Å²) in [5, 5.41) is 0. The van der Waals surface area contributed by atoms with Crippen molar-refractivity contribution >= 4 is 10.0 Å². The molecular weight excluding hydrogens is 308 g/mol. The predicted octanol–water partition coefficient (Wildman–Crippen LogP) is 7.80. The third kappa shape index (κ3) is 10.4. The van der Waals surface area contributed by atoms with Gasteiger partial charge in [0.25, 0.3) is 0 Å². The fraction of sp³-hybridized carbons (Fsp3) is 0.739. The van der Waals surface area contributed by atoms with Gasteiger partial charge in [0.05, 0.1) is 0 Å². The number of hydrogen-bond donors (Lipinski definition) is 0. The average Bonchev–Trinajstić information content (AvgIpc) is 2.57. The van der Waals surface area contributed by atoms with Gasteiger partial charge < -0.3 is 0 Å². The van der Waals surface area contributed by atoms with Gasteiger partial charge in [-0.3, -0.25) is 0 Å². The van der Waals surface area contributed by atoms with Crippen LogP contribution >= 0.6 is 10.0 Å². The van der Waals surface area contributed by atoms with E-state index in [-0.39, 0.29) is 0 Å². The van der Waals surface area contributed by atoms with Gasteiger partial charge in [-0.1, -0.05) is 89.5 Å². The lowest BCUT2D eigenvalue weighted by Crippen LogP contribution is -2.09. The van der Waals surface area contributed by atoms with Crippen molar-refractivity contribution in [1.29, 1.82) is 0 Å². The Morgan fingerprint density at radius 3 is 2.04 bits per heavy atom. The summed E-state index contributed by atoms with van der Waals surface area (Å²) in [6.45, 7) is 6.66. The Morgan fingerprint density at radius 2 is 1.50 bits per heavy atom. The zero-order valence-corrected chi connectivity index (χ0v) is 17.6. The Kier molecular flexibility index (Phi) is 11.6. The molecule has 0 radical (unpaired) electrons. The summed E-state index contributed by atoms with van der Waals surface area (Å²) >= 11 is 0. The Labute approximate surface area is 154 Å². The first-order valence-corrected chi connectivity index (χ1v) is 13.1. The van der Waals surface area contributed by atoms with Crippen LogP contribution in [0, 0.1) is 0 Å². The Morgan fingerprint density at radius 1 is 0.917 bits per heavy atom. The molecule has 0 unspecified atom stereocenters. The van der Waals surface area contributed by atoms with Crippen LogP contribution in [0.15, 0.2) is 36.0 Å². The summed E-state index contributed by atoms with van der Waals surface area (Å²) in [5.41, 5.74) is 2.78. The number of unbranched alkanes of at least 4 members (excludes halogenated alkanes) is 9. The van der Waals surface area contributed by atoms with Crippen LogP contribution in [-0.2, 0) is 0 Å². The van der Waals surface area contributed by atoms with Crippen LogP contribution in [0.2, 0.25) is 0 Å². The molecule has 0 fully saturated rings. The van der Waals surface area contributed by atoms with Gasteiger partial charge in [-0.15, -0.1) is 0 Å². The van der Waals surface area contributed by atoms with Crippen LogP contribution in [0.25, 0.3) is 0 Å². The molecule has 1 aliphatic carbocycles. The minimum Gasteiger partial charge on any atom is -0.243 e. The maximum absolute atomic E-state index is 4.36. The van der Waals surface area contributed by atoms with Crippen LogP contribution in [0.5, 0.6) is 0 Å². The van der Waals surface area contributed by atoms with Crippen molar-refractivity contribution in [3.05, 3.63) is 36.0 Å². The highest BCUT2D eigenvalue weighted by Gasteiger charge is 2.14. The van der Waals surface area contributed by atoms with Gasteiger partial charge in [-0.25, -0.2) is 10.0 Å². The average molecular weight is 351 g/mol. The molecule has 0 spiro atoms. The third-order valence-corrected chi connectivity index (χ3v) is 7.54. The summed E-state index contributed by atoms with van der Waals surface area (Å²) in [5.74, 6) is 2.64. The zero-order chi connectivity index (χ0) is 17.7. The summed E-state index contributed by atoms with van der Waals surface area (Å²) in [7, 11) is -0.512. The van der Waals surface area contributed by atoms with Gasteiger partial charge in [0.15, 0.2) is 0 Å². The molecule has 0 amide bonds. The van der Waals surface area contributed by atoms with E-state index < -0.39 is 10.0 Å². The second kappa shape index (κ2) is 12.9. The Balaban J connectivity index is 2.05. The van der Waals surface area contributed by atoms with Crippen LogP contribution in [0.1, 0.15) is 84.0 Å². The van der Waals surface area contributed by atoms with Crippen molar-refractivity contribution in [2.24, 2.45) is 0 Å². The van der Waals surface area contributed by atoms with E-state index in [1.54, 1.807) is 0 Å². The molecular formula is C23H42S. The van der Waals surface area contributed by atoms with Gasteiger partial charge in [0.1, 0.15) is 0 Å². The topological polar surface area (TPSA) is 0 Å². The molecule has 0 saturated carbocycles. The summed E-state index contributed by atoms with van der Waals surface area (Å²) < 4.78 is 0. The van der Waals surface area contributed by atoms with Crippen LogP contribution in [0.3, 0.4) is 0 Å². The first kappa shape index (κ1) is 21.6. The lowest BCUT2D eigenvalue weighted by Gasteiger charge is -2.32. The van der Waals surface area contributed by atoms with Crippen LogP contribution in [0.4, 0.5) is 0 Å². The second-order valence-corrected chi connectivity index (χ2v) is 12.3. The lowest BCUT2D eigenvalue weighted by atomic mass is 10.0. The molecule has 24 heavy (non-hydrogen) atoms. The monoisotopic (exact) mass is 350 g/mol. The van der Waals surface area contributed by atoms with E-state index in [9.17, 15) is 0 Å². The van der Waals surface area contributed by atoms with Crippen LogP contribution in [-0.4, -0.2) is 24.0 Å². The van der Waals surface area contributed by atoms with Crippen LogP contribution < -0.4 is 0 Å². The minimum absolute atomic E-state index is 0.512. The van der Waals surface area contributed by atoms with Gasteiger partial charge in [0, 0.05) is 5.75 Å². The number of allylic oxidation sites excluding steroid dienone is 4. The highest BCUT2D eigenvalue weighted by Crippen LogP contribution is 2.43.